The Hall–Kier alpha value is -0.780. The average Bonchev–Trinajstić information content (AvgIpc) is 2.08. The summed E-state index contributed by atoms with van der Waals surface area (Å²) in [5.41, 5.74) is 8.00. The number of hydrogen-bond donors (Lipinski definition) is 1. The van der Waals surface area contributed by atoms with E-state index >= 15 is 0 Å². The van der Waals surface area contributed by atoms with Crippen LogP contribution in [0.5, 0.6) is 0 Å². The smallest absolute Gasteiger partial charge is 0.211 e. The van der Waals surface area contributed by atoms with Crippen molar-refractivity contribution in [3.05, 3.63) is 10.4 Å². The molecule has 0 atom stereocenters. The predicted octanol–water partition coefficient (Wildman–Crippen LogP) is 1.65. The second kappa shape index (κ2) is 7.50. The van der Waals surface area contributed by atoms with Gasteiger partial charge in [0.05, 0.1) is 5.75 Å². The third-order valence-corrected chi connectivity index (χ3v) is 3.37. The number of nitrogens with one attached hydrogen (secondary N) is 1. The van der Waals surface area contributed by atoms with E-state index in [0.29, 0.717) is 25.9 Å². The Balaban J connectivity index is 3.62. The lowest BCUT2D eigenvalue weighted by Crippen LogP contribution is -2.29. The molecule has 0 radical (unpaired) electrons. The maximum absolute atomic E-state index is 11.3. The molecule has 1 N–H and O–H groups in total. The van der Waals surface area contributed by atoms with Gasteiger partial charge in [-0.3, -0.25) is 0 Å². The zero-order chi connectivity index (χ0) is 11.7. The van der Waals surface area contributed by atoms with Gasteiger partial charge in [-0.1, -0.05) is 19.0 Å². The van der Waals surface area contributed by atoms with Crippen LogP contribution in [0, 0.1) is 5.92 Å². The molecule has 6 nitrogen and oxygen atoms in total. The highest BCUT2D eigenvalue weighted by molar-refractivity contribution is 7.89. The predicted molar refractivity (Wildman–Crippen MR) is 59.9 cm³/mol. The molecule has 0 rings (SSSR count). The first-order chi connectivity index (χ1) is 6.98. The van der Waals surface area contributed by atoms with Gasteiger partial charge in [-0.25, -0.2) is 13.1 Å². The average molecular weight is 234 g/mol. The maximum Gasteiger partial charge on any atom is 0.211 e. The lowest BCUT2D eigenvalue weighted by molar-refractivity contribution is 0.564. The molecule has 15 heavy (non-hydrogen) atoms. The molecule has 0 fully saturated rings. The van der Waals surface area contributed by atoms with Crippen LogP contribution in [-0.2, 0) is 10.0 Å². The molecule has 0 spiro atoms. The van der Waals surface area contributed by atoms with E-state index in [1.165, 1.54) is 0 Å². The standard InChI is InChI=1S/C8H18N4O2S/c1-8(2)7-15(13,14)11-6-4-3-5-10-12-9/h8,11H,3-7H2,1-2H3. The van der Waals surface area contributed by atoms with Crippen LogP contribution in [0.1, 0.15) is 26.7 Å². The molecule has 0 saturated carbocycles. The van der Waals surface area contributed by atoms with Gasteiger partial charge in [-0.2, -0.15) is 0 Å². The van der Waals surface area contributed by atoms with Crippen LogP contribution in [-0.4, -0.2) is 27.3 Å². The van der Waals surface area contributed by atoms with Crippen molar-refractivity contribution in [3.8, 4) is 0 Å². The summed E-state index contributed by atoms with van der Waals surface area (Å²) in [6.45, 7) is 4.56. The number of rotatable bonds is 8. The first-order valence-electron chi connectivity index (χ1n) is 4.96. The SMILES string of the molecule is CC(C)CS(=O)(=O)NCCCCN=[N+]=[N-]. The van der Waals surface area contributed by atoms with Crippen molar-refractivity contribution in [3.63, 3.8) is 0 Å². The molecular weight excluding hydrogens is 216 g/mol. The highest BCUT2D eigenvalue weighted by atomic mass is 32.2. The minimum atomic E-state index is -3.13. The van der Waals surface area contributed by atoms with E-state index in [1.807, 2.05) is 13.8 Å². The van der Waals surface area contributed by atoms with E-state index in [4.69, 9.17) is 5.53 Å². The summed E-state index contributed by atoms with van der Waals surface area (Å²) in [4.78, 5) is 2.61. The Morgan fingerprint density at radius 2 is 2.07 bits per heavy atom. The van der Waals surface area contributed by atoms with Crippen LogP contribution in [0.2, 0.25) is 0 Å². The van der Waals surface area contributed by atoms with Gasteiger partial charge in [0.1, 0.15) is 0 Å². The molecule has 0 aromatic rings. The van der Waals surface area contributed by atoms with Crippen molar-refractivity contribution in [1.29, 1.82) is 0 Å². The lowest BCUT2D eigenvalue weighted by atomic mass is 10.3. The highest BCUT2D eigenvalue weighted by Crippen LogP contribution is 1.98. The molecule has 0 aromatic carbocycles. The summed E-state index contributed by atoms with van der Waals surface area (Å²) >= 11 is 0. The molecule has 0 unspecified atom stereocenters. The van der Waals surface area contributed by atoms with Gasteiger partial charge in [0.25, 0.3) is 0 Å². The number of unbranched alkanes of at least 4 members (excludes halogenated alkanes) is 1. The zero-order valence-corrected chi connectivity index (χ0v) is 10.00. The molecular formula is C8H18N4O2S. The molecule has 7 heteroatoms. The third kappa shape index (κ3) is 9.52. The fraction of sp³-hybridized carbons (Fsp3) is 1.00. The van der Waals surface area contributed by atoms with Gasteiger partial charge in [0, 0.05) is 18.0 Å². The Kier molecular flexibility index (Phi) is 7.11. The second-order valence-corrected chi connectivity index (χ2v) is 5.58. The van der Waals surface area contributed by atoms with E-state index in [0.717, 1.165) is 0 Å². The Morgan fingerprint density at radius 3 is 2.60 bits per heavy atom. The Morgan fingerprint density at radius 1 is 1.40 bits per heavy atom. The first-order valence-corrected chi connectivity index (χ1v) is 6.61. The topological polar surface area (TPSA) is 94.9 Å². The molecule has 0 saturated heterocycles. The van der Waals surface area contributed by atoms with Gasteiger partial charge < -0.3 is 0 Å². The van der Waals surface area contributed by atoms with Gasteiger partial charge in [-0.05, 0) is 24.3 Å². The third-order valence-electron chi connectivity index (χ3n) is 1.62. The van der Waals surface area contributed by atoms with E-state index < -0.39 is 10.0 Å². The van der Waals surface area contributed by atoms with Crippen molar-refractivity contribution < 1.29 is 8.42 Å². The number of azide groups is 1. The van der Waals surface area contributed by atoms with E-state index in [9.17, 15) is 8.42 Å². The van der Waals surface area contributed by atoms with Crippen molar-refractivity contribution >= 4 is 10.0 Å². The van der Waals surface area contributed by atoms with Gasteiger partial charge in [-0.15, -0.1) is 0 Å². The molecule has 0 aliphatic rings. The molecule has 0 aromatic heterocycles. The summed E-state index contributed by atoms with van der Waals surface area (Å²) in [7, 11) is -3.13. The quantitative estimate of drug-likeness (QED) is 0.299. The summed E-state index contributed by atoms with van der Waals surface area (Å²) < 4.78 is 25.2. The van der Waals surface area contributed by atoms with Crippen molar-refractivity contribution in [2.45, 2.75) is 26.7 Å². The monoisotopic (exact) mass is 234 g/mol. The first kappa shape index (κ1) is 14.2. The minimum Gasteiger partial charge on any atom is -0.215 e. The molecule has 0 amide bonds. The molecule has 0 heterocycles. The molecule has 88 valence electrons. The van der Waals surface area contributed by atoms with Crippen molar-refractivity contribution in [2.24, 2.45) is 11.0 Å². The minimum absolute atomic E-state index is 0.130. The molecule has 0 bridgehead atoms. The fourth-order valence-corrected chi connectivity index (χ4v) is 2.53. The van der Waals surface area contributed by atoms with Gasteiger partial charge in [0.15, 0.2) is 0 Å². The van der Waals surface area contributed by atoms with Crippen LogP contribution in [0.15, 0.2) is 5.11 Å². The number of sulfonamides is 1. The highest BCUT2D eigenvalue weighted by Gasteiger charge is 2.11. The number of nitrogens with zero attached hydrogens (tertiary/aromatic N) is 3. The van der Waals surface area contributed by atoms with Gasteiger partial charge >= 0.3 is 0 Å². The van der Waals surface area contributed by atoms with Crippen LogP contribution in [0.4, 0.5) is 0 Å². The zero-order valence-electron chi connectivity index (χ0n) is 9.18. The Labute approximate surface area is 90.7 Å². The van der Waals surface area contributed by atoms with E-state index in [1.54, 1.807) is 0 Å². The van der Waals surface area contributed by atoms with E-state index in [-0.39, 0.29) is 11.7 Å². The fourth-order valence-electron chi connectivity index (χ4n) is 1.08. The van der Waals surface area contributed by atoms with Crippen LogP contribution in [0.3, 0.4) is 0 Å². The largest absolute Gasteiger partial charge is 0.215 e. The lowest BCUT2D eigenvalue weighted by Gasteiger charge is -2.07. The van der Waals surface area contributed by atoms with Gasteiger partial charge in [0.2, 0.25) is 10.0 Å². The maximum atomic E-state index is 11.3. The Bertz CT molecular complexity index is 307. The van der Waals surface area contributed by atoms with Crippen molar-refractivity contribution in [2.75, 3.05) is 18.8 Å². The molecule has 0 aliphatic heterocycles. The second-order valence-electron chi connectivity index (χ2n) is 3.73. The number of hydrogen-bond acceptors (Lipinski definition) is 3. The van der Waals surface area contributed by atoms with E-state index in [2.05, 4.69) is 14.7 Å². The summed E-state index contributed by atoms with van der Waals surface area (Å²) in [5, 5.41) is 3.36. The van der Waals surface area contributed by atoms with Crippen LogP contribution in [0.25, 0.3) is 10.4 Å². The van der Waals surface area contributed by atoms with Crippen molar-refractivity contribution in [1.82, 2.24) is 4.72 Å². The normalized spacial score (nSPS) is 11.4. The van der Waals surface area contributed by atoms with Crippen LogP contribution < -0.4 is 4.72 Å². The summed E-state index contributed by atoms with van der Waals surface area (Å²) in [6, 6.07) is 0. The van der Waals surface area contributed by atoms with Crippen LogP contribution >= 0.6 is 0 Å². The summed E-state index contributed by atoms with van der Waals surface area (Å²) in [5.74, 6) is 0.286. The summed E-state index contributed by atoms with van der Waals surface area (Å²) in [6.07, 6.45) is 1.39. The molecule has 0 aliphatic carbocycles.